The van der Waals surface area contributed by atoms with Crippen molar-refractivity contribution in [3.63, 3.8) is 0 Å². The molecule has 0 aliphatic carbocycles. The van der Waals surface area contributed by atoms with Crippen molar-refractivity contribution in [3.8, 4) is 0 Å². The highest BCUT2D eigenvalue weighted by molar-refractivity contribution is 5.65. The molecule has 0 heterocycles. The SMILES string of the molecule is CC(=O)O.CC(=O)O.CC(=O)O.CC(=O)O.CC(=O)O.CC(=O)O.CC(=O)O.CC(=O)O.CC(=O)O.CC(=O)O.CCC.CCC.CCC.CCC.COC.COC.COC.COC.COC. The van der Waals surface area contributed by atoms with Crippen molar-refractivity contribution in [2.45, 2.75) is 150 Å². The minimum absolute atomic E-state index is 0.833. The largest absolute Gasteiger partial charge is 0.481 e. The van der Waals surface area contributed by atoms with Crippen molar-refractivity contribution in [3.05, 3.63) is 0 Å². The van der Waals surface area contributed by atoms with Crippen molar-refractivity contribution in [1.82, 2.24) is 0 Å². The summed E-state index contributed by atoms with van der Waals surface area (Å²) in [6.07, 6.45) is 5.00. The van der Waals surface area contributed by atoms with Gasteiger partial charge in [0.1, 0.15) is 0 Å². The van der Waals surface area contributed by atoms with Crippen LogP contribution in [-0.4, -0.2) is 182 Å². The number of carbonyl (C=O) groups is 10. The molecule has 25 nitrogen and oxygen atoms in total. The first kappa shape index (κ1) is 125. The summed E-state index contributed by atoms with van der Waals surface area (Å²) in [6.45, 7) is 27.8. The lowest BCUT2D eigenvalue weighted by atomic mass is 10.6. The fourth-order valence-corrected chi connectivity index (χ4v) is 0. The molecule has 0 spiro atoms. The van der Waals surface area contributed by atoms with E-state index in [0.29, 0.717) is 0 Å². The number of aliphatic carboxylic acids is 10. The van der Waals surface area contributed by atoms with Crippen LogP contribution in [0.25, 0.3) is 0 Å². The molecule has 10 N–H and O–H groups in total. The van der Waals surface area contributed by atoms with Gasteiger partial charge in [0.25, 0.3) is 59.7 Å². The summed E-state index contributed by atoms with van der Waals surface area (Å²) >= 11 is 0. The Labute approximate surface area is 403 Å². The van der Waals surface area contributed by atoms with E-state index in [-0.39, 0.29) is 0 Å². The van der Waals surface area contributed by atoms with E-state index in [1.165, 1.54) is 25.7 Å². The van der Waals surface area contributed by atoms with Gasteiger partial charge in [-0.15, -0.1) is 0 Å². The summed E-state index contributed by atoms with van der Waals surface area (Å²) in [4.78, 5) is 90.0. The summed E-state index contributed by atoms with van der Waals surface area (Å²) < 4.78 is 21.2. The zero-order valence-corrected chi connectivity index (χ0v) is 46.4. The first-order valence-electron chi connectivity index (χ1n) is 19.0. The van der Waals surface area contributed by atoms with Crippen LogP contribution < -0.4 is 0 Å². The van der Waals surface area contributed by atoms with Crippen molar-refractivity contribution in [1.29, 1.82) is 0 Å². The second-order valence-electron chi connectivity index (χ2n) is 10.1. The molecule has 0 aromatic heterocycles. The van der Waals surface area contributed by atoms with E-state index >= 15 is 0 Å². The minimum atomic E-state index is -0.833. The van der Waals surface area contributed by atoms with Gasteiger partial charge in [-0.2, -0.15) is 0 Å². The number of carboxylic acid groups (broad SMARTS) is 10. The predicted octanol–water partition coefficient (Wildman–Crippen LogP) is 7.89. The Hall–Kier alpha value is -5.50. The second-order valence-corrected chi connectivity index (χ2v) is 10.1. The zero-order chi connectivity index (χ0) is 60.1. The normalized spacial score (nSPS) is 6.15. The maximum Gasteiger partial charge on any atom is 0.300 e. The third kappa shape index (κ3) is 6840. The van der Waals surface area contributed by atoms with Gasteiger partial charge >= 0.3 is 0 Å². The molecule has 0 aliphatic rings. The Morgan fingerprint density at radius 2 is 0.209 bits per heavy atom. The third-order valence-electron chi connectivity index (χ3n) is 0. The van der Waals surface area contributed by atoms with Gasteiger partial charge in [0, 0.05) is 140 Å². The molecule has 0 saturated heterocycles. The molecular weight excluding hydrogens is 904 g/mol. The van der Waals surface area contributed by atoms with E-state index in [1.54, 1.807) is 71.1 Å². The van der Waals surface area contributed by atoms with Gasteiger partial charge in [0.2, 0.25) is 0 Å². The number of hydrogen-bond donors (Lipinski definition) is 10. The van der Waals surface area contributed by atoms with E-state index < -0.39 is 59.7 Å². The van der Waals surface area contributed by atoms with Crippen LogP contribution in [-0.2, 0) is 71.6 Å². The summed E-state index contributed by atoms with van der Waals surface area (Å²) in [5.74, 6) is -8.33. The summed E-state index contributed by atoms with van der Waals surface area (Å²) in [5.41, 5.74) is 0. The van der Waals surface area contributed by atoms with E-state index in [2.05, 4.69) is 79.1 Å². The van der Waals surface area contributed by atoms with Gasteiger partial charge in [-0.25, -0.2) is 0 Å². The number of rotatable bonds is 0. The minimum Gasteiger partial charge on any atom is -0.481 e. The van der Waals surface area contributed by atoms with Crippen LogP contribution in [0.3, 0.4) is 0 Å². The van der Waals surface area contributed by atoms with Crippen LogP contribution >= 0.6 is 0 Å². The molecule has 0 aromatic carbocycles. The lowest BCUT2D eigenvalue weighted by Crippen LogP contribution is -1.78. The number of ether oxygens (including phenoxy) is 5. The predicted molar refractivity (Wildman–Crippen MR) is 262 cm³/mol. The zero-order valence-electron chi connectivity index (χ0n) is 46.4. The molecule has 67 heavy (non-hydrogen) atoms. The van der Waals surface area contributed by atoms with Crippen LogP contribution in [0.15, 0.2) is 0 Å². The van der Waals surface area contributed by atoms with Crippen LogP contribution in [0, 0.1) is 0 Å². The first-order valence-corrected chi connectivity index (χ1v) is 19.0. The molecule has 0 fully saturated rings. The van der Waals surface area contributed by atoms with Crippen molar-refractivity contribution >= 4 is 59.7 Å². The van der Waals surface area contributed by atoms with Gasteiger partial charge in [-0.1, -0.05) is 81.1 Å². The molecule has 420 valence electrons. The molecule has 0 unspecified atom stereocenters. The molecule has 0 atom stereocenters. The summed E-state index contributed by atoms with van der Waals surface area (Å²) in [7, 11) is 16.2. The Bertz CT molecular complexity index is 599. The Kier molecular flexibility index (Phi) is 355. The molecule has 0 radical (unpaired) electrons. The lowest BCUT2D eigenvalue weighted by Gasteiger charge is -1.61. The molecule has 0 saturated carbocycles. The average molecular weight is 1010 g/mol. The van der Waals surface area contributed by atoms with Crippen LogP contribution in [0.5, 0.6) is 0 Å². The fourth-order valence-electron chi connectivity index (χ4n) is 0. The van der Waals surface area contributed by atoms with Gasteiger partial charge < -0.3 is 74.7 Å². The van der Waals surface area contributed by atoms with Crippen LogP contribution in [0.1, 0.15) is 150 Å². The van der Waals surface area contributed by atoms with Gasteiger partial charge in [0.05, 0.1) is 0 Å². The van der Waals surface area contributed by atoms with E-state index in [1.807, 2.05) is 0 Å². The molecule has 0 rings (SSSR count). The highest BCUT2D eigenvalue weighted by Crippen LogP contribution is 1.57. The van der Waals surface area contributed by atoms with E-state index in [9.17, 15) is 0 Å². The number of methoxy groups -OCH3 is 5. The maximum atomic E-state index is 9.00. The highest BCUT2D eigenvalue weighted by Gasteiger charge is 1.68. The van der Waals surface area contributed by atoms with Crippen LogP contribution in [0.2, 0.25) is 0 Å². The molecule has 0 aliphatic heterocycles. The smallest absolute Gasteiger partial charge is 0.300 e. The first-order chi connectivity index (χ1) is 30.0. The van der Waals surface area contributed by atoms with E-state index in [4.69, 9.17) is 99.0 Å². The topological polar surface area (TPSA) is 419 Å². The van der Waals surface area contributed by atoms with Crippen LogP contribution in [0.4, 0.5) is 0 Å². The third-order valence-corrected chi connectivity index (χ3v) is 0. The molecular formula is C42H102O25. The highest BCUT2D eigenvalue weighted by atomic mass is 16.5. The number of hydrogen-bond acceptors (Lipinski definition) is 15. The Morgan fingerprint density at radius 3 is 0.209 bits per heavy atom. The standard InChI is InChI=1S/4C3H8.10C2H4O2.5C2H6O/c4*1-3-2;10*1-2(3)4;5*1-3-2/h4*3H2,1-2H3;10*1H3,(H,3,4);5*1-2H3. The van der Waals surface area contributed by atoms with Crippen molar-refractivity contribution in [2.24, 2.45) is 0 Å². The average Bonchev–Trinajstić information content (AvgIpc) is 3.02. The Balaban J connectivity index is -0.0000000214. The van der Waals surface area contributed by atoms with Crippen molar-refractivity contribution in [2.75, 3.05) is 71.1 Å². The number of carboxylic acids is 10. The maximum absolute atomic E-state index is 9.00. The fraction of sp³-hybridized carbons (Fsp3) is 0.762. The summed E-state index contributed by atoms with van der Waals surface area (Å²) in [6, 6.07) is 0. The van der Waals surface area contributed by atoms with Gasteiger partial charge in [0.15, 0.2) is 0 Å². The molecule has 0 aromatic rings. The van der Waals surface area contributed by atoms with Crippen molar-refractivity contribution < 1.29 is 123 Å². The second kappa shape index (κ2) is 191. The van der Waals surface area contributed by atoms with Gasteiger partial charge in [-0.05, 0) is 0 Å². The quantitative estimate of drug-likeness (QED) is 0.110. The molecule has 0 bridgehead atoms. The Morgan fingerprint density at radius 1 is 0.209 bits per heavy atom. The molecule has 0 amide bonds. The van der Waals surface area contributed by atoms with Gasteiger partial charge in [-0.3, -0.25) is 47.9 Å². The lowest BCUT2D eigenvalue weighted by molar-refractivity contribution is -0.135. The summed E-state index contributed by atoms with van der Waals surface area (Å²) in [5, 5.41) is 74.2. The molecule has 25 heteroatoms. The van der Waals surface area contributed by atoms with E-state index in [0.717, 1.165) is 69.2 Å². The monoisotopic (exact) mass is 1010 g/mol.